The Labute approximate surface area is 196 Å². The molecule has 2 aromatic rings. The summed E-state index contributed by atoms with van der Waals surface area (Å²) in [7, 11) is -6.14. The monoisotopic (exact) mass is 497 g/mol. The predicted molar refractivity (Wildman–Crippen MR) is 126 cm³/mol. The molecule has 2 rings (SSSR count). The summed E-state index contributed by atoms with van der Waals surface area (Å²) in [4.78, 5) is 12.2. The standard InChI is InChI=1S/C22H31N3O6S2/c1-5-23-22(26)18-10-13-20(31-4)21(16-18)32(27,28)24-15-14-17-8-11-19(12-9-17)33(29,30)25(6-2)7-3/h8-13,16,24H,5-7,14-15H2,1-4H3,(H,23,26). The summed E-state index contributed by atoms with van der Waals surface area (Å²) in [6.45, 7) is 6.59. The Kier molecular flexibility index (Phi) is 9.41. The number of hydrogen-bond donors (Lipinski definition) is 2. The van der Waals surface area contributed by atoms with Crippen LogP contribution < -0.4 is 14.8 Å². The Balaban J connectivity index is 2.12. The Hall–Kier alpha value is -2.47. The first-order valence-corrected chi connectivity index (χ1v) is 13.6. The molecule has 11 heteroatoms. The first-order valence-electron chi connectivity index (χ1n) is 10.7. The smallest absolute Gasteiger partial charge is 0.251 e. The highest BCUT2D eigenvalue weighted by Gasteiger charge is 2.22. The van der Waals surface area contributed by atoms with Crippen molar-refractivity contribution in [1.82, 2.24) is 14.3 Å². The molecule has 0 aliphatic heterocycles. The van der Waals surface area contributed by atoms with Gasteiger partial charge in [-0.25, -0.2) is 21.6 Å². The van der Waals surface area contributed by atoms with E-state index in [-0.39, 0.29) is 33.6 Å². The van der Waals surface area contributed by atoms with Gasteiger partial charge >= 0.3 is 0 Å². The zero-order chi connectivity index (χ0) is 24.6. The number of rotatable bonds is 12. The quantitative estimate of drug-likeness (QED) is 0.463. The molecule has 9 nitrogen and oxygen atoms in total. The average molecular weight is 498 g/mol. The summed E-state index contributed by atoms with van der Waals surface area (Å²) in [6.07, 6.45) is 0.350. The van der Waals surface area contributed by atoms with Gasteiger partial charge in [-0.05, 0) is 49.2 Å². The Morgan fingerprint density at radius 3 is 2.15 bits per heavy atom. The molecule has 182 valence electrons. The van der Waals surface area contributed by atoms with Crippen LogP contribution in [0.3, 0.4) is 0 Å². The normalized spacial score (nSPS) is 12.0. The van der Waals surface area contributed by atoms with Crippen molar-refractivity contribution in [2.75, 3.05) is 33.3 Å². The molecule has 0 aliphatic rings. The molecule has 0 spiro atoms. The van der Waals surface area contributed by atoms with E-state index in [9.17, 15) is 21.6 Å². The minimum atomic E-state index is -3.95. The molecular weight excluding hydrogens is 466 g/mol. The van der Waals surface area contributed by atoms with Crippen LogP contribution in [0.4, 0.5) is 0 Å². The summed E-state index contributed by atoms with van der Waals surface area (Å²) in [5, 5.41) is 2.63. The molecule has 0 fully saturated rings. The summed E-state index contributed by atoms with van der Waals surface area (Å²) < 4.78 is 59.9. The summed E-state index contributed by atoms with van der Waals surface area (Å²) in [5.74, 6) is -0.252. The molecule has 0 saturated carbocycles. The molecule has 33 heavy (non-hydrogen) atoms. The fourth-order valence-electron chi connectivity index (χ4n) is 3.24. The third kappa shape index (κ3) is 6.53. The molecule has 0 heterocycles. The maximum atomic E-state index is 12.9. The van der Waals surface area contributed by atoms with Gasteiger partial charge in [-0.15, -0.1) is 0 Å². The Morgan fingerprint density at radius 1 is 0.970 bits per heavy atom. The van der Waals surface area contributed by atoms with E-state index in [0.717, 1.165) is 5.56 Å². The van der Waals surface area contributed by atoms with Crippen LogP contribution in [-0.2, 0) is 26.5 Å². The van der Waals surface area contributed by atoms with Crippen LogP contribution in [0.1, 0.15) is 36.7 Å². The zero-order valence-electron chi connectivity index (χ0n) is 19.3. The second-order valence-corrected chi connectivity index (χ2v) is 10.8. The lowest BCUT2D eigenvalue weighted by molar-refractivity contribution is 0.0955. The highest BCUT2D eigenvalue weighted by atomic mass is 32.2. The van der Waals surface area contributed by atoms with Crippen LogP contribution in [-0.4, -0.2) is 60.3 Å². The van der Waals surface area contributed by atoms with Gasteiger partial charge in [0, 0.05) is 31.7 Å². The van der Waals surface area contributed by atoms with E-state index in [1.54, 1.807) is 32.9 Å². The van der Waals surface area contributed by atoms with Crippen LogP contribution in [0.15, 0.2) is 52.3 Å². The van der Waals surface area contributed by atoms with Gasteiger partial charge in [0.15, 0.2) is 0 Å². The number of benzene rings is 2. The Bertz CT molecular complexity index is 1160. The first kappa shape index (κ1) is 26.8. The summed E-state index contributed by atoms with van der Waals surface area (Å²) in [5.41, 5.74) is 0.988. The van der Waals surface area contributed by atoms with Crippen molar-refractivity contribution in [2.45, 2.75) is 37.0 Å². The van der Waals surface area contributed by atoms with Gasteiger partial charge in [-0.1, -0.05) is 26.0 Å². The van der Waals surface area contributed by atoms with Crippen LogP contribution in [0.2, 0.25) is 0 Å². The molecule has 0 aromatic heterocycles. The predicted octanol–water partition coefficient (Wildman–Crippen LogP) is 2.00. The number of ether oxygens (including phenoxy) is 1. The lowest BCUT2D eigenvalue weighted by Gasteiger charge is -2.18. The molecular formula is C22H31N3O6S2. The fourth-order valence-corrected chi connectivity index (χ4v) is 5.92. The van der Waals surface area contributed by atoms with E-state index < -0.39 is 20.0 Å². The van der Waals surface area contributed by atoms with Gasteiger partial charge in [-0.3, -0.25) is 4.79 Å². The lowest BCUT2D eigenvalue weighted by atomic mass is 10.2. The van der Waals surface area contributed by atoms with E-state index in [2.05, 4.69) is 10.0 Å². The molecule has 0 radical (unpaired) electrons. The van der Waals surface area contributed by atoms with Crippen LogP contribution in [0, 0.1) is 0 Å². The van der Waals surface area contributed by atoms with Crippen molar-refractivity contribution in [1.29, 1.82) is 0 Å². The number of sulfonamides is 2. The van der Waals surface area contributed by atoms with Crippen molar-refractivity contribution in [2.24, 2.45) is 0 Å². The highest BCUT2D eigenvalue weighted by Crippen LogP contribution is 2.25. The summed E-state index contributed by atoms with van der Waals surface area (Å²) in [6, 6.07) is 10.6. The van der Waals surface area contributed by atoms with Gasteiger partial charge < -0.3 is 10.1 Å². The maximum Gasteiger partial charge on any atom is 0.251 e. The maximum absolute atomic E-state index is 12.9. The van der Waals surface area contributed by atoms with E-state index in [1.165, 1.54) is 41.7 Å². The van der Waals surface area contributed by atoms with Crippen LogP contribution >= 0.6 is 0 Å². The third-order valence-corrected chi connectivity index (χ3v) is 8.57. The minimum Gasteiger partial charge on any atom is -0.495 e. The number of nitrogens with one attached hydrogen (secondary N) is 2. The van der Waals surface area contributed by atoms with Crippen LogP contribution in [0.5, 0.6) is 5.75 Å². The molecule has 0 atom stereocenters. The van der Waals surface area contributed by atoms with Crippen molar-refractivity contribution in [3.8, 4) is 5.75 Å². The number of amides is 1. The highest BCUT2D eigenvalue weighted by molar-refractivity contribution is 7.89. The molecule has 1 amide bonds. The van der Waals surface area contributed by atoms with Crippen LogP contribution in [0.25, 0.3) is 0 Å². The van der Waals surface area contributed by atoms with Gasteiger partial charge in [-0.2, -0.15) is 4.31 Å². The van der Waals surface area contributed by atoms with Gasteiger partial charge in [0.2, 0.25) is 20.0 Å². The van der Waals surface area contributed by atoms with Crippen molar-refractivity contribution < 1.29 is 26.4 Å². The second kappa shape index (κ2) is 11.6. The SMILES string of the molecule is CCNC(=O)c1ccc(OC)c(S(=O)(=O)NCCc2ccc(S(=O)(=O)N(CC)CC)cc2)c1. The molecule has 2 aromatic carbocycles. The fraction of sp³-hybridized carbons (Fsp3) is 0.409. The van der Waals surface area contributed by atoms with Gasteiger partial charge in [0.05, 0.1) is 12.0 Å². The van der Waals surface area contributed by atoms with E-state index in [0.29, 0.717) is 26.1 Å². The third-order valence-electron chi connectivity index (χ3n) is 5.02. The molecule has 2 N–H and O–H groups in total. The number of carbonyl (C=O) groups excluding carboxylic acids is 1. The zero-order valence-corrected chi connectivity index (χ0v) is 20.9. The Morgan fingerprint density at radius 2 is 1.61 bits per heavy atom. The van der Waals surface area contributed by atoms with E-state index in [4.69, 9.17) is 4.74 Å². The number of methoxy groups -OCH3 is 1. The molecule has 0 unspecified atom stereocenters. The summed E-state index contributed by atoms with van der Waals surface area (Å²) >= 11 is 0. The first-order chi connectivity index (χ1) is 15.6. The van der Waals surface area contributed by atoms with Crippen molar-refractivity contribution in [3.63, 3.8) is 0 Å². The molecule has 0 bridgehead atoms. The second-order valence-electron chi connectivity index (χ2n) is 7.11. The average Bonchev–Trinajstić information content (AvgIpc) is 2.79. The topological polar surface area (TPSA) is 122 Å². The van der Waals surface area contributed by atoms with Crippen molar-refractivity contribution in [3.05, 3.63) is 53.6 Å². The number of carbonyl (C=O) groups is 1. The molecule has 0 saturated heterocycles. The van der Waals surface area contributed by atoms with E-state index >= 15 is 0 Å². The largest absolute Gasteiger partial charge is 0.495 e. The van der Waals surface area contributed by atoms with Gasteiger partial charge in [0.1, 0.15) is 10.6 Å². The molecule has 0 aliphatic carbocycles. The number of hydrogen-bond acceptors (Lipinski definition) is 6. The minimum absolute atomic E-state index is 0.0824. The van der Waals surface area contributed by atoms with Crippen molar-refractivity contribution >= 4 is 26.0 Å². The van der Waals surface area contributed by atoms with Gasteiger partial charge in [0.25, 0.3) is 5.91 Å². The number of nitrogens with zero attached hydrogens (tertiary/aromatic N) is 1. The lowest BCUT2D eigenvalue weighted by Crippen LogP contribution is -2.30. The van der Waals surface area contributed by atoms with E-state index in [1.807, 2.05) is 0 Å².